The van der Waals surface area contributed by atoms with Crippen molar-refractivity contribution in [2.75, 3.05) is 11.9 Å². The number of carbonyl (C=O) groups excluding carboxylic acids is 2. The fourth-order valence-corrected chi connectivity index (χ4v) is 1.23. The molecule has 80 valence electrons. The van der Waals surface area contributed by atoms with Crippen LogP contribution >= 0.6 is 0 Å². The Bertz CT molecular complexity index is 375. The molecule has 1 aromatic rings. The van der Waals surface area contributed by atoms with Gasteiger partial charge in [0.2, 0.25) is 0 Å². The molecule has 15 heavy (non-hydrogen) atoms. The maximum absolute atomic E-state index is 11.3. The molecule has 0 aromatic heterocycles. The lowest BCUT2D eigenvalue weighted by molar-refractivity contribution is 0.101. The van der Waals surface area contributed by atoms with Gasteiger partial charge in [-0.3, -0.25) is 4.79 Å². The number of para-hydroxylation sites is 1. The van der Waals surface area contributed by atoms with Gasteiger partial charge in [-0.25, -0.2) is 4.79 Å². The molecule has 0 aliphatic heterocycles. The third-order valence-electron chi connectivity index (χ3n) is 1.89. The number of anilines is 1. The molecule has 4 heteroatoms. The molecule has 2 N–H and O–H groups in total. The van der Waals surface area contributed by atoms with Gasteiger partial charge in [0.15, 0.2) is 5.78 Å². The van der Waals surface area contributed by atoms with Crippen molar-refractivity contribution >= 4 is 17.5 Å². The summed E-state index contributed by atoms with van der Waals surface area (Å²) >= 11 is 0. The Kier molecular flexibility index (Phi) is 3.85. The number of hydrogen-bond acceptors (Lipinski definition) is 2. The van der Waals surface area contributed by atoms with E-state index < -0.39 is 0 Å². The van der Waals surface area contributed by atoms with Crippen LogP contribution in [-0.2, 0) is 0 Å². The van der Waals surface area contributed by atoms with Crippen LogP contribution in [0, 0.1) is 0 Å². The number of nitrogens with one attached hydrogen (secondary N) is 2. The van der Waals surface area contributed by atoms with Crippen LogP contribution in [0.4, 0.5) is 10.5 Å². The van der Waals surface area contributed by atoms with Gasteiger partial charge in [0.1, 0.15) is 0 Å². The molecule has 0 atom stereocenters. The zero-order valence-electron chi connectivity index (χ0n) is 8.83. The summed E-state index contributed by atoms with van der Waals surface area (Å²) in [6, 6.07) is 6.62. The lowest BCUT2D eigenvalue weighted by Crippen LogP contribution is -2.28. The van der Waals surface area contributed by atoms with E-state index in [1.165, 1.54) is 6.92 Å². The molecule has 0 aliphatic rings. The number of carbonyl (C=O) groups is 2. The molecule has 0 radical (unpaired) electrons. The maximum atomic E-state index is 11.3. The van der Waals surface area contributed by atoms with E-state index in [9.17, 15) is 9.59 Å². The predicted molar refractivity (Wildman–Crippen MR) is 59.1 cm³/mol. The minimum Gasteiger partial charge on any atom is -0.338 e. The zero-order valence-corrected chi connectivity index (χ0v) is 8.83. The summed E-state index contributed by atoms with van der Waals surface area (Å²) in [7, 11) is 0. The average Bonchev–Trinajstić information content (AvgIpc) is 2.18. The molecule has 2 amide bonds. The fraction of sp³-hybridized carbons (Fsp3) is 0.273. The molecule has 0 saturated heterocycles. The van der Waals surface area contributed by atoms with Crippen LogP contribution in [0.2, 0.25) is 0 Å². The van der Waals surface area contributed by atoms with E-state index in [2.05, 4.69) is 10.6 Å². The Morgan fingerprint density at radius 3 is 2.53 bits per heavy atom. The van der Waals surface area contributed by atoms with Gasteiger partial charge in [-0.1, -0.05) is 12.1 Å². The number of rotatable bonds is 3. The molecule has 4 nitrogen and oxygen atoms in total. The van der Waals surface area contributed by atoms with E-state index in [0.717, 1.165) is 0 Å². The molecule has 0 unspecified atom stereocenters. The molecule has 0 bridgehead atoms. The van der Waals surface area contributed by atoms with E-state index >= 15 is 0 Å². The molecule has 1 rings (SSSR count). The van der Waals surface area contributed by atoms with Gasteiger partial charge < -0.3 is 10.6 Å². The van der Waals surface area contributed by atoms with Crippen LogP contribution in [0.3, 0.4) is 0 Å². The third-order valence-corrected chi connectivity index (χ3v) is 1.89. The number of hydrogen-bond donors (Lipinski definition) is 2. The number of Topliss-reactive ketones (excluding diaryl/α,β-unsaturated/α-hetero) is 1. The van der Waals surface area contributed by atoms with Gasteiger partial charge in [0, 0.05) is 12.1 Å². The highest BCUT2D eigenvalue weighted by Gasteiger charge is 2.08. The molecule has 0 heterocycles. The second-order valence-electron chi connectivity index (χ2n) is 3.09. The van der Waals surface area contributed by atoms with Crippen LogP contribution in [0.1, 0.15) is 24.2 Å². The van der Waals surface area contributed by atoms with Crippen LogP contribution in [0.5, 0.6) is 0 Å². The van der Waals surface area contributed by atoms with Gasteiger partial charge in [-0.15, -0.1) is 0 Å². The Morgan fingerprint density at radius 1 is 1.27 bits per heavy atom. The highest BCUT2D eigenvalue weighted by molar-refractivity contribution is 6.03. The quantitative estimate of drug-likeness (QED) is 0.743. The van der Waals surface area contributed by atoms with E-state index in [1.807, 2.05) is 6.92 Å². The second kappa shape index (κ2) is 5.14. The lowest BCUT2D eigenvalue weighted by Gasteiger charge is -2.08. The largest absolute Gasteiger partial charge is 0.338 e. The van der Waals surface area contributed by atoms with Gasteiger partial charge in [0.05, 0.1) is 5.69 Å². The van der Waals surface area contributed by atoms with Crippen LogP contribution in [0.15, 0.2) is 24.3 Å². The summed E-state index contributed by atoms with van der Waals surface area (Å²) in [5.74, 6) is -0.0672. The Balaban J connectivity index is 2.84. The van der Waals surface area contributed by atoms with Crippen molar-refractivity contribution in [3.05, 3.63) is 29.8 Å². The monoisotopic (exact) mass is 206 g/mol. The maximum Gasteiger partial charge on any atom is 0.319 e. The first-order valence-electron chi connectivity index (χ1n) is 4.80. The SMILES string of the molecule is CCNC(=O)Nc1ccccc1C(C)=O. The minimum atomic E-state index is -0.300. The fourth-order valence-electron chi connectivity index (χ4n) is 1.23. The normalized spacial score (nSPS) is 9.47. The lowest BCUT2D eigenvalue weighted by atomic mass is 10.1. The molecule has 0 fully saturated rings. The van der Waals surface area contributed by atoms with E-state index in [1.54, 1.807) is 24.3 Å². The van der Waals surface area contributed by atoms with Crippen molar-refractivity contribution in [3.8, 4) is 0 Å². The Labute approximate surface area is 88.7 Å². The van der Waals surface area contributed by atoms with Crippen molar-refractivity contribution in [1.82, 2.24) is 5.32 Å². The molecule has 0 spiro atoms. The molecular formula is C11H14N2O2. The Hall–Kier alpha value is -1.84. The summed E-state index contributed by atoms with van der Waals surface area (Å²) in [6.07, 6.45) is 0. The van der Waals surface area contributed by atoms with Crippen molar-refractivity contribution < 1.29 is 9.59 Å². The highest BCUT2D eigenvalue weighted by Crippen LogP contribution is 2.14. The van der Waals surface area contributed by atoms with Gasteiger partial charge in [-0.05, 0) is 26.0 Å². The third kappa shape index (κ3) is 3.09. The molecule has 0 aliphatic carbocycles. The first-order chi connectivity index (χ1) is 7.15. The smallest absolute Gasteiger partial charge is 0.319 e. The van der Waals surface area contributed by atoms with Crippen molar-refractivity contribution in [1.29, 1.82) is 0 Å². The first-order valence-corrected chi connectivity index (χ1v) is 4.80. The second-order valence-corrected chi connectivity index (χ2v) is 3.09. The number of urea groups is 1. The molecular weight excluding hydrogens is 192 g/mol. The highest BCUT2D eigenvalue weighted by atomic mass is 16.2. The van der Waals surface area contributed by atoms with Crippen molar-refractivity contribution in [2.45, 2.75) is 13.8 Å². The van der Waals surface area contributed by atoms with Gasteiger partial charge in [0.25, 0.3) is 0 Å². The number of amides is 2. The number of benzene rings is 1. The predicted octanol–water partition coefficient (Wildman–Crippen LogP) is 2.03. The number of ketones is 1. The van der Waals surface area contributed by atoms with E-state index in [4.69, 9.17) is 0 Å². The van der Waals surface area contributed by atoms with E-state index in [-0.39, 0.29) is 11.8 Å². The minimum absolute atomic E-state index is 0.0672. The summed E-state index contributed by atoms with van der Waals surface area (Å²) in [5, 5.41) is 5.22. The van der Waals surface area contributed by atoms with Crippen molar-refractivity contribution in [2.24, 2.45) is 0 Å². The molecule has 0 saturated carbocycles. The van der Waals surface area contributed by atoms with Crippen LogP contribution < -0.4 is 10.6 Å². The Morgan fingerprint density at radius 2 is 1.93 bits per heavy atom. The van der Waals surface area contributed by atoms with Crippen molar-refractivity contribution in [3.63, 3.8) is 0 Å². The average molecular weight is 206 g/mol. The summed E-state index contributed by atoms with van der Waals surface area (Å²) < 4.78 is 0. The van der Waals surface area contributed by atoms with E-state index in [0.29, 0.717) is 17.8 Å². The van der Waals surface area contributed by atoms with Gasteiger partial charge in [-0.2, -0.15) is 0 Å². The summed E-state index contributed by atoms with van der Waals surface area (Å²) in [6.45, 7) is 3.85. The summed E-state index contributed by atoms with van der Waals surface area (Å²) in [5.41, 5.74) is 1.06. The topological polar surface area (TPSA) is 58.2 Å². The molecule has 1 aromatic carbocycles. The van der Waals surface area contributed by atoms with Crippen LogP contribution in [0.25, 0.3) is 0 Å². The standard InChI is InChI=1S/C11H14N2O2/c1-3-12-11(15)13-10-7-5-4-6-9(10)8(2)14/h4-7H,3H2,1-2H3,(H2,12,13,15). The summed E-state index contributed by atoms with van der Waals surface area (Å²) in [4.78, 5) is 22.5. The first kappa shape index (κ1) is 11.2. The van der Waals surface area contributed by atoms with Crippen LogP contribution in [-0.4, -0.2) is 18.4 Å². The van der Waals surface area contributed by atoms with Gasteiger partial charge >= 0.3 is 6.03 Å². The zero-order chi connectivity index (χ0) is 11.3.